The number of carbonyl (C=O) groups is 3. The summed E-state index contributed by atoms with van der Waals surface area (Å²) in [7, 11) is 0. The Hall–Kier alpha value is -1.53. The molecule has 21 heavy (non-hydrogen) atoms. The molecule has 1 atom stereocenters. The second kappa shape index (κ2) is 8.69. The van der Waals surface area contributed by atoms with Crippen molar-refractivity contribution in [2.24, 2.45) is 0 Å². The van der Waals surface area contributed by atoms with Gasteiger partial charge in [0.05, 0.1) is 0 Å². The molecule has 5 nitrogen and oxygen atoms in total. The second-order valence-electron chi connectivity index (χ2n) is 4.15. The van der Waals surface area contributed by atoms with Gasteiger partial charge in [-0.3, -0.25) is 14.4 Å². The molecule has 0 saturated heterocycles. The molecule has 1 rings (SSSR count). The van der Waals surface area contributed by atoms with E-state index in [1.165, 1.54) is 6.92 Å². The minimum Gasteiger partial charge on any atom is -0.463 e. The number of rotatable bonds is 7. The summed E-state index contributed by atoms with van der Waals surface area (Å²) in [6.07, 6.45) is 1.93. The molecule has 1 aromatic rings. The number of thioether (sulfide) groups is 1. The molecule has 0 radical (unpaired) electrons. The van der Waals surface area contributed by atoms with Crippen LogP contribution >= 0.6 is 23.4 Å². The van der Waals surface area contributed by atoms with Crippen LogP contribution in [0.3, 0.4) is 0 Å². The molecule has 0 aliphatic rings. The number of ether oxygens (including phenoxy) is 1. The number of ketones is 1. The topological polar surface area (TPSA) is 72.5 Å². The van der Waals surface area contributed by atoms with Crippen LogP contribution in [0.1, 0.15) is 17.3 Å². The van der Waals surface area contributed by atoms with E-state index >= 15 is 0 Å². The molecule has 0 heterocycles. The average Bonchev–Trinajstić information content (AvgIpc) is 2.50. The van der Waals surface area contributed by atoms with Crippen LogP contribution in [0.25, 0.3) is 0 Å². The fourth-order valence-corrected chi connectivity index (χ4v) is 2.06. The Labute approximate surface area is 132 Å². The Morgan fingerprint density at radius 1 is 1.29 bits per heavy atom. The molecule has 1 amide bonds. The molecule has 0 aliphatic heterocycles. The highest BCUT2D eigenvalue weighted by molar-refractivity contribution is 7.98. The van der Waals surface area contributed by atoms with Gasteiger partial charge in [-0.25, -0.2) is 0 Å². The zero-order valence-electron chi connectivity index (χ0n) is 11.7. The molecule has 0 aliphatic carbocycles. The average molecular weight is 330 g/mol. The lowest BCUT2D eigenvalue weighted by Gasteiger charge is -2.17. The number of alkyl halides is 1. The standard InChI is InChI=1S/C14H16ClNO4S/c1-9(17)20-8-12(16-13(18)7-15)14(19)10-3-5-11(21-2)6-4-10/h3-6,12H,7-8H2,1-2H3,(H,16,18)/t12-/m0/s1. The van der Waals surface area contributed by atoms with Crippen LogP contribution in [-0.4, -0.2) is 42.4 Å². The Bertz CT molecular complexity index is 518. The normalized spacial score (nSPS) is 11.6. The third-order valence-corrected chi connectivity index (χ3v) is 3.59. The van der Waals surface area contributed by atoms with Crippen molar-refractivity contribution in [3.05, 3.63) is 29.8 Å². The van der Waals surface area contributed by atoms with Gasteiger partial charge in [-0.1, -0.05) is 12.1 Å². The largest absolute Gasteiger partial charge is 0.463 e. The monoisotopic (exact) mass is 329 g/mol. The molecule has 0 spiro atoms. The first-order valence-corrected chi connectivity index (χ1v) is 7.90. The number of nitrogens with one attached hydrogen (secondary N) is 1. The first-order valence-electron chi connectivity index (χ1n) is 6.15. The van der Waals surface area contributed by atoms with Crippen LogP contribution in [-0.2, 0) is 14.3 Å². The third-order valence-electron chi connectivity index (χ3n) is 2.60. The van der Waals surface area contributed by atoms with Gasteiger partial charge in [0.1, 0.15) is 18.5 Å². The lowest BCUT2D eigenvalue weighted by Crippen LogP contribution is -2.45. The highest BCUT2D eigenvalue weighted by atomic mass is 35.5. The van der Waals surface area contributed by atoms with E-state index < -0.39 is 17.9 Å². The summed E-state index contributed by atoms with van der Waals surface area (Å²) >= 11 is 6.97. The zero-order chi connectivity index (χ0) is 15.8. The predicted molar refractivity (Wildman–Crippen MR) is 81.8 cm³/mol. The van der Waals surface area contributed by atoms with Crippen molar-refractivity contribution < 1.29 is 19.1 Å². The van der Waals surface area contributed by atoms with Crippen LogP contribution in [0, 0.1) is 0 Å². The van der Waals surface area contributed by atoms with Crippen LogP contribution in [0.5, 0.6) is 0 Å². The highest BCUT2D eigenvalue weighted by Crippen LogP contribution is 2.16. The van der Waals surface area contributed by atoms with Crippen LogP contribution in [0.2, 0.25) is 0 Å². The van der Waals surface area contributed by atoms with Crippen molar-refractivity contribution >= 4 is 41.0 Å². The van der Waals surface area contributed by atoms with Gasteiger partial charge in [0.15, 0.2) is 5.78 Å². The fourth-order valence-electron chi connectivity index (χ4n) is 1.57. The van der Waals surface area contributed by atoms with Gasteiger partial charge >= 0.3 is 5.97 Å². The number of amides is 1. The van der Waals surface area contributed by atoms with Gasteiger partial charge in [0.2, 0.25) is 5.91 Å². The molecular weight excluding hydrogens is 314 g/mol. The lowest BCUT2D eigenvalue weighted by atomic mass is 10.0. The van der Waals surface area contributed by atoms with Crippen LogP contribution in [0.15, 0.2) is 29.2 Å². The highest BCUT2D eigenvalue weighted by Gasteiger charge is 2.23. The summed E-state index contributed by atoms with van der Waals surface area (Å²) in [4.78, 5) is 35.6. The maximum absolute atomic E-state index is 12.4. The molecule has 0 unspecified atom stereocenters. The summed E-state index contributed by atoms with van der Waals surface area (Å²) in [5.41, 5.74) is 0.430. The Morgan fingerprint density at radius 3 is 2.38 bits per heavy atom. The lowest BCUT2D eigenvalue weighted by molar-refractivity contribution is -0.141. The number of Topliss-reactive ketones (excluding diaryl/α,β-unsaturated/α-hetero) is 1. The van der Waals surface area contributed by atoms with Crippen molar-refractivity contribution in [1.82, 2.24) is 5.32 Å². The summed E-state index contributed by atoms with van der Waals surface area (Å²) in [5, 5.41) is 2.45. The molecule has 0 saturated carbocycles. The molecule has 0 aromatic heterocycles. The number of hydrogen-bond acceptors (Lipinski definition) is 5. The van der Waals surface area contributed by atoms with E-state index in [0.717, 1.165) is 4.90 Å². The summed E-state index contributed by atoms with van der Waals surface area (Å²) in [5.74, 6) is -1.62. The van der Waals surface area contributed by atoms with E-state index in [-0.39, 0.29) is 18.3 Å². The third kappa shape index (κ3) is 5.77. The first kappa shape index (κ1) is 17.5. The number of esters is 1. The SMILES string of the molecule is CSc1ccc(C(=O)[C@H](COC(C)=O)NC(=O)CCl)cc1. The van der Waals surface area contributed by atoms with Gasteiger partial charge < -0.3 is 10.1 Å². The summed E-state index contributed by atoms with van der Waals surface area (Å²) < 4.78 is 4.82. The Kier molecular flexibility index (Phi) is 7.25. The van der Waals surface area contributed by atoms with Crippen molar-refractivity contribution in [3.63, 3.8) is 0 Å². The number of carbonyl (C=O) groups excluding carboxylic acids is 3. The van der Waals surface area contributed by atoms with Crippen molar-refractivity contribution in [2.45, 2.75) is 17.9 Å². The molecule has 1 N–H and O–H groups in total. The van der Waals surface area contributed by atoms with Gasteiger partial charge in [0, 0.05) is 17.4 Å². The van der Waals surface area contributed by atoms with E-state index in [0.29, 0.717) is 5.56 Å². The van der Waals surface area contributed by atoms with Gasteiger partial charge in [-0.15, -0.1) is 23.4 Å². The van der Waals surface area contributed by atoms with Crippen molar-refractivity contribution in [1.29, 1.82) is 0 Å². The second-order valence-corrected chi connectivity index (χ2v) is 5.30. The first-order chi connectivity index (χ1) is 9.97. The zero-order valence-corrected chi connectivity index (χ0v) is 13.3. The maximum atomic E-state index is 12.4. The van der Waals surface area contributed by atoms with Crippen LogP contribution in [0.4, 0.5) is 0 Å². The molecule has 0 fully saturated rings. The van der Waals surface area contributed by atoms with E-state index in [4.69, 9.17) is 16.3 Å². The van der Waals surface area contributed by atoms with E-state index in [1.54, 1.807) is 23.9 Å². The summed E-state index contributed by atoms with van der Waals surface area (Å²) in [6, 6.07) is 6.01. The van der Waals surface area contributed by atoms with Gasteiger partial charge in [-0.05, 0) is 18.4 Å². The number of hydrogen-bond donors (Lipinski definition) is 1. The Balaban J connectivity index is 2.85. The van der Waals surface area contributed by atoms with E-state index in [2.05, 4.69) is 5.32 Å². The number of benzene rings is 1. The molecular formula is C14H16ClNO4S. The van der Waals surface area contributed by atoms with Crippen molar-refractivity contribution in [3.8, 4) is 0 Å². The van der Waals surface area contributed by atoms with E-state index in [9.17, 15) is 14.4 Å². The minimum atomic E-state index is -0.944. The molecule has 0 bridgehead atoms. The quantitative estimate of drug-likeness (QED) is 0.358. The number of halogens is 1. The predicted octanol–water partition coefficient (Wildman–Crippen LogP) is 1.88. The van der Waals surface area contributed by atoms with Crippen LogP contribution < -0.4 is 5.32 Å². The molecule has 114 valence electrons. The molecule has 1 aromatic carbocycles. The smallest absolute Gasteiger partial charge is 0.302 e. The minimum absolute atomic E-state index is 0.221. The fraction of sp³-hybridized carbons (Fsp3) is 0.357. The van der Waals surface area contributed by atoms with Gasteiger partial charge in [0.25, 0.3) is 0 Å². The summed E-state index contributed by atoms with van der Waals surface area (Å²) in [6.45, 7) is 1.01. The maximum Gasteiger partial charge on any atom is 0.302 e. The Morgan fingerprint density at radius 2 is 1.90 bits per heavy atom. The van der Waals surface area contributed by atoms with Gasteiger partial charge in [-0.2, -0.15) is 0 Å². The van der Waals surface area contributed by atoms with Crippen molar-refractivity contribution in [2.75, 3.05) is 18.7 Å². The molecule has 7 heteroatoms. The van der Waals surface area contributed by atoms with E-state index in [1.807, 2.05) is 18.4 Å².